The molecule has 0 radical (unpaired) electrons. The predicted molar refractivity (Wildman–Crippen MR) is 58.5 cm³/mol. The third kappa shape index (κ3) is 2.59. The fourth-order valence-corrected chi connectivity index (χ4v) is 2.59. The van der Waals surface area contributed by atoms with E-state index < -0.39 is 0 Å². The average molecular weight is 209 g/mol. The number of hydrogen-bond acceptors (Lipinski definition) is 3. The highest BCUT2D eigenvalue weighted by atomic mass is 16.5. The molecule has 3 heteroatoms. The Hall–Kier alpha value is -0.830. The fourth-order valence-electron chi connectivity index (χ4n) is 2.59. The standard InChI is InChI=1S/C12H19NO2/c1-2-15-12(14)9-10-5-7-13-6-3-4-11(13)8-10/h9,11H,2-8H2,1H3/t11-/m1/s1. The molecule has 3 nitrogen and oxygen atoms in total. The average Bonchev–Trinajstić information content (AvgIpc) is 2.65. The van der Waals surface area contributed by atoms with Crippen molar-refractivity contribution >= 4 is 5.97 Å². The summed E-state index contributed by atoms with van der Waals surface area (Å²) in [4.78, 5) is 13.8. The molecule has 2 fully saturated rings. The third-order valence-electron chi connectivity index (χ3n) is 3.33. The first-order valence-electron chi connectivity index (χ1n) is 5.90. The molecule has 0 aromatic rings. The summed E-state index contributed by atoms with van der Waals surface area (Å²) < 4.78 is 4.93. The molecule has 0 spiro atoms. The first-order chi connectivity index (χ1) is 7.29. The summed E-state index contributed by atoms with van der Waals surface area (Å²) in [6, 6.07) is 0.694. The highest BCUT2D eigenvalue weighted by Gasteiger charge is 2.28. The van der Waals surface area contributed by atoms with Crippen LogP contribution in [0.5, 0.6) is 0 Å². The van der Waals surface area contributed by atoms with E-state index >= 15 is 0 Å². The SMILES string of the molecule is CCOC(=O)C=C1CCN2CCC[C@@H]2C1. The van der Waals surface area contributed by atoms with Crippen LogP contribution in [0, 0.1) is 0 Å². The van der Waals surface area contributed by atoms with Crippen LogP contribution in [0.15, 0.2) is 11.6 Å². The van der Waals surface area contributed by atoms with E-state index in [1.54, 1.807) is 6.08 Å². The lowest BCUT2D eigenvalue weighted by molar-refractivity contribution is -0.137. The Morgan fingerprint density at radius 2 is 2.47 bits per heavy atom. The summed E-state index contributed by atoms with van der Waals surface area (Å²) in [5, 5.41) is 0. The smallest absolute Gasteiger partial charge is 0.330 e. The van der Waals surface area contributed by atoms with Crippen LogP contribution >= 0.6 is 0 Å². The number of rotatable bonds is 2. The van der Waals surface area contributed by atoms with Crippen molar-refractivity contribution in [1.29, 1.82) is 0 Å². The normalized spacial score (nSPS) is 29.1. The molecular weight excluding hydrogens is 190 g/mol. The minimum absolute atomic E-state index is 0.168. The van der Waals surface area contributed by atoms with Gasteiger partial charge in [-0.2, -0.15) is 0 Å². The molecule has 2 rings (SSSR count). The van der Waals surface area contributed by atoms with Crippen LogP contribution in [0.4, 0.5) is 0 Å². The first kappa shape index (κ1) is 10.7. The van der Waals surface area contributed by atoms with Gasteiger partial charge in [0.15, 0.2) is 0 Å². The van der Waals surface area contributed by atoms with Crippen LogP contribution in [-0.4, -0.2) is 36.6 Å². The van der Waals surface area contributed by atoms with E-state index in [1.807, 2.05) is 6.92 Å². The van der Waals surface area contributed by atoms with E-state index in [0.717, 1.165) is 19.4 Å². The van der Waals surface area contributed by atoms with Crippen LogP contribution in [0.1, 0.15) is 32.6 Å². The van der Waals surface area contributed by atoms with Crippen molar-refractivity contribution < 1.29 is 9.53 Å². The summed E-state index contributed by atoms with van der Waals surface area (Å²) in [5.41, 5.74) is 1.27. The van der Waals surface area contributed by atoms with Gasteiger partial charge in [0, 0.05) is 18.7 Å². The molecule has 0 N–H and O–H groups in total. The van der Waals surface area contributed by atoms with E-state index in [0.29, 0.717) is 12.6 Å². The summed E-state index contributed by atoms with van der Waals surface area (Å²) in [6.07, 6.45) is 6.42. The van der Waals surface area contributed by atoms with Crippen molar-refractivity contribution in [2.24, 2.45) is 0 Å². The summed E-state index contributed by atoms with van der Waals surface area (Å²) in [5.74, 6) is -0.168. The largest absolute Gasteiger partial charge is 0.463 e. The maximum Gasteiger partial charge on any atom is 0.330 e. The lowest BCUT2D eigenvalue weighted by atomic mass is 9.97. The summed E-state index contributed by atoms with van der Waals surface area (Å²) in [7, 11) is 0. The van der Waals surface area contributed by atoms with E-state index in [4.69, 9.17) is 4.74 Å². The van der Waals surface area contributed by atoms with E-state index in [-0.39, 0.29) is 5.97 Å². The Morgan fingerprint density at radius 3 is 3.27 bits per heavy atom. The lowest BCUT2D eigenvalue weighted by Crippen LogP contribution is -2.35. The van der Waals surface area contributed by atoms with Crippen LogP contribution in [0.3, 0.4) is 0 Å². The van der Waals surface area contributed by atoms with Crippen molar-refractivity contribution in [3.8, 4) is 0 Å². The van der Waals surface area contributed by atoms with Crippen molar-refractivity contribution in [2.75, 3.05) is 19.7 Å². The van der Waals surface area contributed by atoms with E-state index in [9.17, 15) is 4.79 Å². The van der Waals surface area contributed by atoms with Gasteiger partial charge in [-0.1, -0.05) is 5.57 Å². The molecule has 2 saturated heterocycles. The number of carbonyl (C=O) groups is 1. The first-order valence-corrected chi connectivity index (χ1v) is 5.90. The molecule has 0 aromatic carbocycles. The zero-order valence-corrected chi connectivity index (χ0v) is 9.37. The number of fused-ring (bicyclic) bond motifs is 1. The number of esters is 1. The maximum atomic E-state index is 11.3. The number of ether oxygens (including phenoxy) is 1. The quantitative estimate of drug-likeness (QED) is 0.512. The fraction of sp³-hybridized carbons (Fsp3) is 0.750. The topological polar surface area (TPSA) is 29.5 Å². The Balaban J connectivity index is 1.91. The Bertz CT molecular complexity index is 273. The number of piperidine rings is 1. The van der Waals surface area contributed by atoms with Gasteiger partial charge in [0.2, 0.25) is 0 Å². The van der Waals surface area contributed by atoms with Crippen LogP contribution in [0.2, 0.25) is 0 Å². The molecule has 0 unspecified atom stereocenters. The summed E-state index contributed by atoms with van der Waals surface area (Å²) in [6.45, 7) is 4.68. The highest BCUT2D eigenvalue weighted by Crippen LogP contribution is 2.29. The molecule has 0 aliphatic carbocycles. The van der Waals surface area contributed by atoms with Gasteiger partial charge in [0.25, 0.3) is 0 Å². The van der Waals surface area contributed by atoms with Gasteiger partial charge in [-0.25, -0.2) is 4.79 Å². The van der Waals surface area contributed by atoms with Crippen LogP contribution < -0.4 is 0 Å². The lowest BCUT2D eigenvalue weighted by Gasteiger charge is -2.30. The number of hydrogen-bond donors (Lipinski definition) is 0. The van der Waals surface area contributed by atoms with Crippen LogP contribution in [-0.2, 0) is 9.53 Å². The second kappa shape index (κ2) is 4.79. The molecule has 0 bridgehead atoms. The molecule has 0 amide bonds. The monoisotopic (exact) mass is 209 g/mol. The number of nitrogens with zero attached hydrogens (tertiary/aromatic N) is 1. The number of carbonyl (C=O) groups excluding carboxylic acids is 1. The van der Waals surface area contributed by atoms with Crippen molar-refractivity contribution in [1.82, 2.24) is 4.90 Å². The highest BCUT2D eigenvalue weighted by molar-refractivity contribution is 5.82. The zero-order valence-electron chi connectivity index (χ0n) is 9.37. The predicted octanol–water partition coefficient (Wildman–Crippen LogP) is 1.73. The van der Waals surface area contributed by atoms with Gasteiger partial charge in [0.1, 0.15) is 0 Å². The Kier molecular flexibility index (Phi) is 3.41. The van der Waals surface area contributed by atoms with Gasteiger partial charge in [-0.05, 0) is 39.2 Å². The van der Waals surface area contributed by atoms with Gasteiger partial charge < -0.3 is 4.74 Å². The molecule has 2 aliphatic heterocycles. The van der Waals surface area contributed by atoms with Crippen LogP contribution in [0.25, 0.3) is 0 Å². The molecule has 1 atom stereocenters. The second-order valence-electron chi connectivity index (χ2n) is 4.34. The molecule has 0 aromatic heterocycles. The Labute approximate surface area is 91.1 Å². The van der Waals surface area contributed by atoms with Gasteiger partial charge in [-0.3, -0.25) is 4.90 Å². The van der Waals surface area contributed by atoms with E-state index in [2.05, 4.69) is 4.90 Å². The molecule has 84 valence electrons. The van der Waals surface area contributed by atoms with Gasteiger partial charge in [-0.15, -0.1) is 0 Å². The molecule has 0 saturated carbocycles. The van der Waals surface area contributed by atoms with Crippen molar-refractivity contribution in [2.45, 2.75) is 38.6 Å². The third-order valence-corrected chi connectivity index (χ3v) is 3.33. The molecule has 15 heavy (non-hydrogen) atoms. The second-order valence-corrected chi connectivity index (χ2v) is 4.34. The van der Waals surface area contributed by atoms with Gasteiger partial charge >= 0.3 is 5.97 Å². The molecular formula is C12H19NO2. The molecule has 2 heterocycles. The minimum atomic E-state index is -0.168. The van der Waals surface area contributed by atoms with Crippen molar-refractivity contribution in [3.05, 3.63) is 11.6 Å². The zero-order chi connectivity index (χ0) is 10.7. The minimum Gasteiger partial charge on any atom is -0.463 e. The Morgan fingerprint density at radius 1 is 1.60 bits per heavy atom. The van der Waals surface area contributed by atoms with Crippen molar-refractivity contribution in [3.63, 3.8) is 0 Å². The maximum absolute atomic E-state index is 11.3. The summed E-state index contributed by atoms with van der Waals surface area (Å²) >= 11 is 0. The molecule has 2 aliphatic rings. The van der Waals surface area contributed by atoms with E-state index in [1.165, 1.54) is 25.0 Å². The van der Waals surface area contributed by atoms with Gasteiger partial charge in [0.05, 0.1) is 6.61 Å².